The number of nitrogens with one attached hydrogen (secondary N) is 1. The van der Waals surface area contributed by atoms with Crippen LogP contribution >= 0.6 is 0 Å². The Kier molecular flexibility index (Phi) is 4.51. The van der Waals surface area contributed by atoms with Crippen LogP contribution in [0.15, 0.2) is 52.9 Å². The summed E-state index contributed by atoms with van der Waals surface area (Å²) >= 11 is 0. The molecule has 1 heterocycles. The molecule has 1 amide bonds. The maximum absolute atomic E-state index is 13.6. The molecule has 0 aliphatic rings. The highest BCUT2D eigenvalue weighted by Crippen LogP contribution is 2.15. The van der Waals surface area contributed by atoms with Crippen molar-refractivity contribution in [2.24, 2.45) is 5.73 Å². The SMILES string of the molecule is NC(=O)c1cccc(CNc2nnc(Cc3ccccc3F)o2)c1. The lowest BCUT2D eigenvalue weighted by Gasteiger charge is -2.03. The zero-order valence-electron chi connectivity index (χ0n) is 12.7. The number of hydrogen-bond acceptors (Lipinski definition) is 5. The summed E-state index contributed by atoms with van der Waals surface area (Å²) in [6.45, 7) is 0.391. The lowest BCUT2D eigenvalue weighted by Crippen LogP contribution is -2.11. The lowest BCUT2D eigenvalue weighted by atomic mass is 10.1. The van der Waals surface area contributed by atoms with Crippen LogP contribution < -0.4 is 11.1 Å². The molecule has 0 saturated carbocycles. The molecule has 0 saturated heterocycles. The van der Waals surface area contributed by atoms with Gasteiger partial charge in [0, 0.05) is 12.1 Å². The molecule has 7 heteroatoms. The van der Waals surface area contributed by atoms with Crippen molar-refractivity contribution in [2.75, 3.05) is 5.32 Å². The van der Waals surface area contributed by atoms with Gasteiger partial charge in [0.2, 0.25) is 11.8 Å². The van der Waals surface area contributed by atoms with Crippen molar-refractivity contribution in [3.8, 4) is 0 Å². The molecule has 0 fully saturated rings. The minimum atomic E-state index is -0.484. The van der Waals surface area contributed by atoms with Crippen molar-refractivity contribution in [1.82, 2.24) is 10.2 Å². The molecule has 0 atom stereocenters. The number of carbonyl (C=O) groups excluding carboxylic acids is 1. The zero-order chi connectivity index (χ0) is 16.9. The van der Waals surface area contributed by atoms with Gasteiger partial charge in [-0.1, -0.05) is 35.4 Å². The van der Waals surface area contributed by atoms with Gasteiger partial charge in [-0.2, -0.15) is 0 Å². The third-order valence-electron chi connectivity index (χ3n) is 3.42. The van der Waals surface area contributed by atoms with Gasteiger partial charge >= 0.3 is 6.01 Å². The summed E-state index contributed by atoms with van der Waals surface area (Å²) in [7, 11) is 0. The lowest BCUT2D eigenvalue weighted by molar-refractivity contribution is 0.1000. The van der Waals surface area contributed by atoms with Gasteiger partial charge in [-0.05, 0) is 29.3 Å². The summed E-state index contributed by atoms with van der Waals surface area (Å²) in [6.07, 6.45) is 0.221. The topological polar surface area (TPSA) is 94.0 Å². The number of rotatable bonds is 6. The Morgan fingerprint density at radius 1 is 1.17 bits per heavy atom. The number of primary amides is 1. The summed E-state index contributed by atoms with van der Waals surface area (Å²) < 4.78 is 19.1. The summed E-state index contributed by atoms with van der Waals surface area (Å²) in [4.78, 5) is 11.2. The van der Waals surface area contributed by atoms with E-state index in [4.69, 9.17) is 10.2 Å². The first-order chi connectivity index (χ1) is 11.6. The van der Waals surface area contributed by atoms with E-state index in [1.807, 2.05) is 6.07 Å². The van der Waals surface area contributed by atoms with E-state index in [-0.39, 0.29) is 18.3 Å². The van der Waals surface area contributed by atoms with Crippen LogP contribution in [-0.2, 0) is 13.0 Å². The molecular formula is C17H15FN4O2. The Bertz CT molecular complexity index is 863. The Morgan fingerprint density at radius 3 is 2.79 bits per heavy atom. The molecular weight excluding hydrogens is 311 g/mol. The van der Waals surface area contributed by atoms with E-state index in [0.717, 1.165) is 5.56 Å². The van der Waals surface area contributed by atoms with E-state index in [1.54, 1.807) is 36.4 Å². The summed E-state index contributed by atoms with van der Waals surface area (Å²) in [5.74, 6) is -0.483. The van der Waals surface area contributed by atoms with Crippen molar-refractivity contribution < 1.29 is 13.6 Å². The number of hydrogen-bond donors (Lipinski definition) is 2. The number of carbonyl (C=O) groups is 1. The summed E-state index contributed by atoms with van der Waals surface area (Å²) in [6, 6.07) is 13.6. The fraction of sp³-hybridized carbons (Fsp3) is 0.118. The van der Waals surface area contributed by atoms with Crippen LogP contribution in [0.25, 0.3) is 0 Å². The monoisotopic (exact) mass is 326 g/mol. The number of amides is 1. The van der Waals surface area contributed by atoms with Crippen molar-refractivity contribution in [2.45, 2.75) is 13.0 Å². The van der Waals surface area contributed by atoms with Crippen molar-refractivity contribution >= 4 is 11.9 Å². The van der Waals surface area contributed by atoms with Crippen molar-refractivity contribution in [1.29, 1.82) is 0 Å². The number of benzene rings is 2. The normalized spacial score (nSPS) is 10.5. The average molecular weight is 326 g/mol. The van der Waals surface area contributed by atoms with Gasteiger partial charge in [0.25, 0.3) is 0 Å². The quantitative estimate of drug-likeness (QED) is 0.726. The first-order valence-electron chi connectivity index (χ1n) is 7.30. The number of halogens is 1. The predicted octanol–water partition coefficient (Wildman–Crippen LogP) is 2.51. The highest BCUT2D eigenvalue weighted by Gasteiger charge is 2.10. The molecule has 0 spiro atoms. The zero-order valence-corrected chi connectivity index (χ0v) is 12.7. The maximum atomic E-state index is 13.6. The van der Waals surface area contributed by atoms with E-state index >= 15 is 0 Å². The van der Waals surface area contributed by atoms with Crippen LogP contribution in [0.2, 0.25) is 0 Å². The highest BCUT2D eigenvalue weighted by atomic mass is 19.1. The molecule has 0 unspecified atom stereocenters. The van der Waals surface area contributed by atoms with Crippen LogP contribution in [0.3, 0.4) is 0 Å². The number of nitrogens with two attached hydrogens (primary N) is 1. The largest absolute Gasteiger partial charge is 0.408 e. The molecule has 0 bridgehead atoms. The second-order valence-electron chi connectivity index (χ2n) is 5.19. The predicted molar refractivity (Wildman–Crippen MR) is 85.8 cm³/mol. The first kappa shape index (κ1) is 15.7. The summed E-state index contributed by atoms with van der Waals surface area (Å²) in [5.41, 5.74) is 7.01. The van der Waals surface area contributed by atoms with Crippen LogP contribution in [-0.4, -0.2) is 16.1 Å². The molecule has 3 N–H and O–H groups in total. The Morgan fingerprint density at radius 2 is 2.00 bits per heavy atom. The molecule has 24 heavy (non-hydrogen) atoms. The van der Waals surface area contributed by atoms with Crippen LogP contribution in [0.1, 0.15) is 27.4 Å². The fourth-order valence-corrected chi connectivity index (χ4v) is 2.21. The van der Waals surface area contributed by atoms with E-state index in [2.05, 4.69) is 15.5 Å². The van der Waals surface area contributed by atoms with Crippen LogP contribution in [0, 0.1) is 5.82 Å². The molecule has 0 aliphatic carbocycles. The number of anilines is 1. The minimum Gasteiger partial charge on any atom is -0.408 e. The van der Waals surface area contributed by atoms with Crippen LogP contribution in [0.4, 0.5) is 10.4 Å². The van der Waals surface area contributed by atoms with Crippen molar-refractivity contribution in [3.05, 3.63) is 76.9 Å². The Hall–Kier alpha value is -3.22. The highest BCUT2D eigenvalue weighted by molar-refractivity contribution is 5.92. The van der Waals surface area contributed by atoms with Gasteiger partial charge in [-0.15, -0.1) is 5.10 Å². The third-order valence-corrected chi connectivity index (χ3v) is 3.42. The molecule has 1 aromatic heterocycles. The molecule has 0 radical (unpaired) electrons. The van der Waals surface area contributed by atoms with Gasteiger partial charge in [0.1, 0.15) is 5.82 Å². The number of nitrogens with zero attached hydrogens (tertiary/aromatic N) is 2. The Labute approximate surface area is 137 Å². The molecule has 2 aromatic carbocycles. The van der Waals surface area contributed by atoms with E-state index in [9.17, 15) is 9.18 Å². The first-order valence-corrected chi connectivity index (χ1v) is 7.30. The molecule has 3 aromatic rings. The minimum absolute atomic E-state index is 0.221. The molecule has 3 rings (SSSR count). The van der Waals surface area contributed by atoms with Gasteiger partial charge in [-0.25, -0.2) is 4.39 Å². The van der Waals surface area contributed by atoms with Gasteiger partial charge in [-0.3, -0.25) is 4.79 Å². The molecule has 6 nitrogen and oxygen atoms in total. The fourth-order valence-electron chi connectivity index (χ4n) is 2.21. The summed E-state index contributed by atoms with van der Waals surface area (Å²) in [5, 5.41) is 10.7. The van der Waals surface area contributed by atoms with Gasteiger partial charge in [0.05, 0.1) is 6.42 Å². The standard InChI is InChI=1S/C17H15FN4O2/c18-14-7-2-1-5-12(14)9-15-21-22-17(24-15)20-10-11-4-3-6-13(8-11)16(19)23/h1-8H,9-10H2,(H2,19,23)(H,20,22). The smallest absolute Gasteiger partial charge is 0.315 e. The second-order valence-corrected chi connectivity index (χ2v) is 5.19. The average Bonchev–Trinajstić information content (AvgIpc) is 3.03. The van der Waals surface area contributed by atoms with Crippen molar-refractivity contribution in [3.63, 3.8) is 0 Å². The van der Waals surface area contributed by atoms with Gasteiger partial charge < -0.3 is 15.5 Å². The van der Waals surface area contributed by atoms with Crippen LogP contribution in [0.5, 0.6) is 0 Å². The number of aromatic nitrogens is 2. The van der Waals surface area contributed by atoms with E-state index < -0.39 is 5.91 Å². The third kappa shape index (κ3) is 3.75. The Balaban J connectivity index is 1.63. The van der Waals surface area contributed by atoms with E-state index in [0.29, 0.717) is 23.6 Å². The van der Waals surface area contributed by atoms with Gasteiger partial charge in [0.15, 0.2) is 0 Å². The molecule has 122 valence electrons. The van der Waals surface area contributed by atoms with E-state index in [1.165, 1.54) is 6.07 Å². The molecule has 0 aliphatic heterocycles. The maximum Gasteiger partial charge on any atom is 0.315 e. The second kappa shape index (κ2) is 6.91.